The van der Waals surface area contributed by atoms with Crippen LogP contribution in [-0.2, 0) is 9.53 Å². The minimum Gasteiger partial charge on any atom is -0.381 e. The summed E-state index contributed by atoms with van der Waals surface area (Å²) < 4.78 is 31.9. The molecule has 7 heteroatoms. The van der Waals surface area contributed by atoms with Gasteiger partial charge in [-0.15, -0.1) is 12.4 Å². The fraction of sp³-hybridized carbons (Fsp3) is 0.533. The first-order valence-electron chi connectivity index (χ1n) is 7.02. The van der Waals surface area contributed by atoms with E-state index in [9.17, 15) is 13.6 Å². The zero-order valence-electron chi connectivity index (χ0n) is 12.4. The highest BCUT2D eigenvalue weighted by Crippen LogP contribution is 2.30. The first-order chi connectivity index (χ1) is 9.98. The summed E-state index contributed by atoms with van der Waals surface area (Å²) in [6.07, 6.45) is 1.10. The molecule has 124 valence electrons. The van der Waals surface area contributed by atoms with Crippen LogP contribution in [0.4, 0.5) is 8.78 Å². The van der Waals surface area contributed by atoms with Crippen molar-refractivity contribution in [2.75, 3.05) is 19.8 Å². The molecule has 1 unspecified atom stereocenters. The van der Waals surface area contributed by atoms with Gasteiger partial charge in [-0.2, -0.15) is 0 Å². The molecule has 1 atom stereocenters. The van der Waals surface area contributed by atoms with Gasteiger partial charge in [0, 0.05) is 31.4 Å². The molecule has 0 aromatic heterocycles. The van der Waals surface area contributed by atoms with E-state index in [4.69, 9.17) is 10.5 Å². The second kappa shape index (κ2) is 7.85. The average Bonchev–Trinajstić information content (AvgIpc) is 2.47. The number of carbonyl (C=O) groups is 1. The molecule has 4 nitrogen and oxygen atoms in total. The maximum atomic E-state index is 13.7. The van der Waals surface area contributed by atoms with E-state index < -0.39 is 23.1 Å². The van der Waals surface area contributed by atoms with Gasteiger partial charge in [-0.25, -0.2) is 8.78 Å². The van der Waals surface area contributed by atoms with Gasteiger partial charge in [-0.3, -0.25) is 4.79 Å². The van der Waals surface area contributed by atoms with Crippen LogP contribution in [0.1, 0.15) is 31.4 Å². The van der Waals surface area contributed by atoms with Gasteiger partial charge >= 0.3 is 0 Å². The van der Waals surface area contributed by atoms with Crippen molar-refractivity contribution in [3.8, 4) is 0 Å². The highest BCUT2D eigenvalue weighted by Gasteiger charge is 2.39. The van der Waals surface area contributed by atoms with Crippen molar-refractivity contribution in [2.45, 2.75) is 25.8 Å². The van der Waals surface area contributed by atoms with Crippen LogP contribution in [0.25, 0.3) is 0 Å². The number of benzene rings is 1. The van der Waals surface area contributed by atoms with E-state index in [-0.39, 0.29) is 30.4 Å². The van der Waals surface area contributed by atoms with Crippen LogP contribution in [0.3, 0.4) is 0 Å². The summed E-state index contributed by atoms with van der Waals surface area (Å²) in [4.78, 5) is 12.5. The standard InChI is InChI=1S/C15H20F2N2O2.ClH/c1-10(12-3-2-11(16)8-13(12)17)19-14(20)15(9-18)4-6-21-7-5-15;/h2-3,8,10H,4-7,9,18H2,1H3,(H,19,20);1H. The quantitative estimate of drug-likeness (QED) is 0.888. The lowest BCUT2D eigenvalue weighted by molar-refractivity contribution is -0.136. The van der Waals surface area contributed by atoms with Gasteiger partial charge in [0.2, 0.25) is 5.91 Å². The van der Waals surface area contributed by atoms with E-state index in [2.05, 4.69) is 5.32 Å². The zero-order chi connectivity index (χ0) is 15.5. The number of ether oxygens (including phenoxy) is 1. The summed E-state index contributed by atoms with van der Waals surface area (Å²) in [5, 5.41) is 2.78. The van der Waals surface area contributed by atoms with E-state index in [1.165, 1.54) is 12.1 Å². The third-order valence-electron chi connectivity index (χ3n) is 4.10. The van der Waals surface area contributed by atoms with Gasteiger partial charge in [-0.05, 0) is 25.8 Å². The third-order valence-corrected chi connectivity index (χ3v) is 4.10. The van der Waals surface area contributed by atoms with Crippen LogP contribution >= 0.6 is 12.4 Å². The molecular formula is C15H21ClF2N2O2. The number of hydrogen-bond donors (Lipinski definition) is 2. The van der Waals surface area contributed by atoms with Crippen molar-refractivity contribution in [1.29, 1.82) is 0 Å². The second-order valence-corrected chi connectivity index (χ2v) is 5.46. The number of carbonyl (C=O) groups excluding carboxylic acids is 1. The fourth-order valence-electron chi connectivity index (χ4n) is 2.57. The summed E-state index contributed by atoms with van der Waals surface area (Å²) >= 11 is 0. The minimum atomic E-state index is -0.670. The summed E-state index contributed by atoms with van der Waals surface area (Å²) in [7, 11) is 0. The normalized spacial score (nSPS) is 18.2. The van der Waals surface area contributed by atoms with Gasteiger partial charge in [0.05, 0.1) is 11.5 Å². The monoisotopic (exact) mass is 334 g/mol. The zero-order valence-corrected chi connectivity index (χ0v) is 13.2. The Morgan fingerprint density at radius 1 is 1.41 bits per heavy atom. The molecule has 0 saturated carbocycles. The lowest BCUT2D eigenvalue weighted by Crippen LogP contribution is -2.49. The van der Waals surface area contributed by atoms with E-state index in [0.29, 0.717) is 26.1 Å². The predicted molar refractivity (Wildman–Crippen MR) is 81.7 cm³/mol. The number of rotatable bonds is 4. The lowest BCUT2D eigenvalue weighted by atomic mass is 9.79. The van der Waals surface area contributed by atoms with Crippen molar-refractivity contribution in [2.24, 2.45) is 11.1 Å². The molecule has 1 fully saturated rings. The minimum absolute atomic E-state index is 0. The average molecular weight is 335 g/mol. The molecule has 0 spiro atoms. The Kier molecular flexibility index (Phi) is 6.71. The number of hydrogen-bond acceptors (Lipinski definition) is 3. The van der Waals surface area contributed by atoms with E-state index >= 15 is 0 Å². The van der Waals surface area contributed by atoms with Gasteiger partial charge in [-0.1, -0.05) is 6.07 Å². The predicted octanol–water partition coefficient (Wildman–Crippen LogP) is 2.32. The molecular weight excluding hydrogens is 314 g/mol. The molecule has 0 radical (unpaired) electrons. The Labute approximate surface area is 134 Å². The van der Waals surface area contributed by atoms with Crippen molar-refractivity contribution in [3.63, 3.8) is 0 Å². The van der Waals surface area contributed by atoms with Crippen LogP contribution in [0, 0.1) is 17.0 Å². The Bertz CT molecular complexity index is 522. The highest BCUT2D eigenvalue weighted by atomic mass is 35.5. The molecule has 1 heterocycles. The number of amides is 1. The molecule has 0 aliphatic carbocycles. The van der Waals surface area contributed by atoms with Crippen molar-refractivity contribution in [3.05, 3.63) is 35.4 Å². The second-order valence-electron chi connectivity index (χ2n) is 5.46. The molecule has 0 bridgehead atoms. The molecule has 1 saturated heterocycles. The van der Waals surface area contributed by atoms with Crippen LogP contribution in [-0.4, -0.2) is 25.7 Å². The molecule has 3 N–H and O–H groups in total. The Morgan fingerprint density at radius 3 is 2.59 bits per heavy atom. The van der Waals surface area contributed by atoms with Crippen LogP contribution in [0.5, 0.6) is 0 Å². The molecule has 1 amide bonds. The SMILES string of the molecule is CC(NC(=O)C1(CN)CCOCC1)c1ccc(F)cc1F.Cl. The molecule has 1 aliphatic heterocycles. The van der Waals surface area contributed by atoms with Crippen LogP contribution < -0.4 is 11.1 Å². The maximum Gasteiger partial charge on any atom is 0.228 e. The van der Waals surface area contributed by atoms with Crippen molar-refractivity contribution < 1.29 is 18.3 Å². The highest BCUT2D eigenvalue weighted by molar-refractivity contribution is 5.85. The number of nitrogens with two attached hydrogens (primary N) is 1. The van der Waals surface area contributed by atoms with E-state index in [1.54, 1.807) is 6.92 Å². The smallest absolute Gasteiger partial charge is 0.228 e. The fourth-order valence-corrected chi connectivity index (χ4v) is 2.57. The number of halogens is 3. The Morgan fingerprint density at radius 2 is 2.05 bits per heavy atom. The first kappa shape index (κ1) is 18.8. The number of nitrogens with one attached hydrogen (secondary N) is 1. The van der Waals surface area contributed by atoms with E-state index in [0.717, 1.165) is 6.07 Å². The molecule has 1 aromatic carbocycles. The summed E-state index contributed by atoms with van der Waals surface area (Å²) in [5.41, 5.74) is 5.35. The largest absolute Gasteiger partial charge is 0.381 e. The van der Waals surface area contributed by atoms with E-state index in [1.807, 2.05) is 0 Å². The molecule has 1 aliphatic rings. The Balaban J connectivity index is 0.00000242. The van der Waals surface area contributed by atoms with Crippen LogP contribution in [0.2, 0.25) is 0 Å². The topological polar surface area (TPSA) is 64.4 Å². The van der Waals surface area contributed by atoms with Crippen molar-refractivity contribution in [1.82, 2.24) is 5.32 Å². The molecule has 2 rings (SSSR count). The van der Waals surface area contributed by atoms with Crippen LogP contribution in [0.15, 0.2) is 18.2 Å². The van der Waals surface area contributed by atoms with Gasteiger partial charge < -0.3 is 15.8 Å². The van der Waals surface area contributed by atoms with Gasteiger partial charge in [0.15, 0.2) is 0 Å². The summed E-state index contributed by atoms with van der Waals surface area (Å²) in [5.74, 6) is -1.52. The third kappa shape index (κ3) is 3.94. The van der Waals surface area contributed by atoms with Crippen molar-refractivity contribution >= 4 is 18.3 Å². The lowest BCUT2D eigenvalue weighted by Gasteiger charge is -2.35. The van der Waals surface area contributed by atoms with Gasteiger partial charge in [0.25, 0.3) is 0 Å². The van der Waals surface area contributed by atoms with Gasteiger partial charge in [0.1, 0.15) is 11.6 Å². The molecule has 1 aromatic rings. The summed E-state index contributed by atoms with van der Waals surface area (Å²) in [6.45, 7) is 2.87. The first-order valence-corrected chi connectivity index (χ1v) is 7.02. The summed E-state index contributed by atoms with van der Waals surface area (Å²) in [6, 6.07) is 2.78. The maximum absolute atomic E-state index is 13.7. The Hall–Kier alpha value is -1.24. The molecule has 22 heavy (non-hydrogen) atoms.